The molecule has 31 heavy (non-hydrogen) atoms. The standard InChI is InChI=1S/C27H31BO3/c1-5-25(28)24(18-20(2)29)27(4,21(3)31-19-23-14-10-7-11-15-23)26(30)17-16-22-12-8-6-9-13-22/h6-15,18,29H,3,5,16-17,19H2,1-2,4H3/b20-18+,25-24-. The Kier molecular flexibility index (Phi) is 8.93. The summed E-state index contributed by atoms with van der Waals surface area (Å²) in [6.45, 7) is 9.67. The van der Waals surface area contributed by atoms with Gasteiger partial charge in [0.1, 0.15) is 25.6 Å². The number of aryl methyl sites for hydroxylation is 1. The van der Waals surface area contributed by atoms with E-state index in [1.165, 1.54) is 0 Å². The summed E-state index contributed by atoms with van der Waals surface area (Å²) >= 11 is 0. The first kappa shape index (κ1) is 24.3. The second kappa shape index (κ2) is 11.4. The number of hydrogen-bond donors (Lipinski definition) is 1. The van der Waals surface area contributed by atoms with E-state index in [0.717, 1.165) is 11.1 Å². The van der Waals surface area contributed by atoms with E-state index in [9.17, 15) is 9.90 Å². The molecule has 0 bridgehead atoms. The molecule has 3 nitrogen and oxygen atoms in total. The lowest BCUT2D eigenvalue weighted by Gasteiger charge is -2.33. The molecule has 0 saturated heterocycles. The van der Waals surface area contributed by atoms with Crippen LogP contribution < -0.4 is 0 Å². The van der Waals surface area contributed by atoms with Gasteiger partial charge in [0.2, 0.25) is 0 Å². The molecule has 0 aliphatic rings. The number of ether oxygens (including phenoxy) is 1. The molecular weight excluding hydrogens is 383 g/mol. The summed E-state index contributed by atoms with van der Waals surface area (Å²) < 4.78 is 6.01. The van der Waals surface area contributed by atoms with Gasteiger partial charge in [0.25, 0.3) is 0 Å². The molecule has 160 valence electrons. The van der Waals surface area contributed by atoms with E-state index in [2.05, 4.69) is 6.58 Å². The fourth-order valence-electron chi connectivity index (χ4n) is 3.45. The molecule has 4 heteroatoms. The lowest BCUT2D eigenvalue weighted by atomic mass is 9.69. The van der Waals surface area contributed by atoms with Crippen molar-refractivity contribution < 1.29 is 14.6 Å². The van der Waals surface area contributed by atoms with E-state index in [0.29, 0.717) is 42.7 Å². The molecule has 2 rings (SSSR count). The van der Waals surface area contributed by atoms with Gasteiger partial charge >= 0.3 is 0 Å². The van der Waals surface area contributed by atoms with Gasteiger partial charge < -0.3 is 9.84 Å². The molecule has 0 saturated carbocycles. The maximum absolute atomic E-state index is 13.6. The third-order valence-corrected chi connectivity index (χ3v) is 5.47. The molecule has 1 unspecified atom stereocenters. The Balaban J connectivity index is 2.37. The average Bonchev–Trinajstić information content (AvgIpc) is 2.79. The summed E-state index contributed by atoms with van der Waals surface area (Å²) in [6, 6.07) is 19.6. The Labute approximate surface area is 187 Å². The number of aliphatic hydroxyl groups excluding tert-OH is 1. The van der Waals surface area contributed by atoms with Crippen LogP contribution in [-0.4, -0.2) is 18.7 Å². The number of carbonyl (C=O) groups excluding carboxylic acids is 1. The highest BCUT2D eigenvalue weighted by atomic mass is 16.5. The number of rotatable bonds is 11. The van der Waals surface area contributed by atoms with Crippen molar-refractivity contribution >= 4 is 13.6 Å². The first-order valence-corrected chi connectivity index (χ1v) is 10.6. The number of allylic oxidation sites excluding steroid dienone is 4. The summed E-state index contributed by atoms with van der Waals surface area (Å²) in [7, 11) is 6.32. The van der Waals surface area contributed by atoms with Crippen LogP contribution in [0, 0.1) is 5.41 Å². The minimum Gasteiger partial charge on any atom is -0.513 e. The van der Waals surface area contributed by atoms with E-state index in [1.54, 1.807) is 19.9 Å². The van der Waals surface area contributed by atoms with Gasteiger partial charge in [0.15, 0.2) is 5.78 Å². The average molecular weight is 414 g/mol. The first-order valence-electron chi connectivity index (χ1n) is 10.6. The number of carbonyl (C=O) groups is 1. The summed E-state index contributed by atoms with van der Waals surface area (Å²) in [5, 5.41) is 10.00. The van der Waals surface area contributed by atoms with Crippen molar-refractivity contribution in [3.8, 4) is 0 Å². The van der Waals surface area contributed by atoms with Crippen LogP contribution in [0.2, 0.25) is 0 Å². The number of Topliss-reactive ketones (excluding diaryl/α,β-unsaturated/α-hetero) is 1. The van der Waals surface area contributed by atoms with Crippen LogP contribution in [0.15, 0.2) is 95.9 Å². The fraction of sp³-hybridized carbons (Fsp3) is 0.296. The zero-order chi connectivity index (χ0) is 22.9. The molecule has 0 aliphatic carbocycles. The molecule has 0 spiro atoms. The van der Waals surface area contributed by atoms with Crippen LogP contribution in [0.1, 0.15) is 44.7 Å². The van der Waals surface area contributed by atoms with Crippen molar-refractivity contribution in [3.05, 3.63) is 107 Å². The molecule has 0 aliphatic heterocycles. The second-order valence-electron chi connectivity index (χ2n) is 7.81. The topological polar surface area (TPSA) is 46.5 Å². The van der Waals surface area contributed by atoms with Gasteiger partial charge in [0, 0.05) is 6.42 Å². The molecular formula is C27H31BO3. The van der Waals surface area contributed by atoms with E-state index in [1.807, 2.05) is 67.6 Å². The van der Waals surface area contributed by atoms with E-state index in [4.69, 9.17) is 12.6 Å². The van der Waals surface area contributed by atoms with E-state index in [-0.39, 0.29) is 11.5 Å². The van der Waals surface area contributed by atoms with Crippen LogP contribution in [0.25, 0.3) is 0 Å². The van der Waals surface area contributed by atoms with Gasteiger partial charge in [-0.15, -0.1) is 5.47 Å². The molecule has 2 radical (unpaired) electrons. The number of hydrogen-bond acceptors (Lipinski definition) is 3. The SMILES string of the molecule is [B]/C(CC)=C(/C=C(\C)O)C(C)(C(=C)OCc1ccccc1)C(=O)CCc1ccccc1. The van der Waals surface area contributed by atoms with Crippen LogP contribution in [0.4, 0.5) is 0 Å². The van der Waals surface area contributed by atoms with Crippen molar-refractivity contribution in [1.82, 2.24) is 0 Å². The summed E-state index contributed by atoms with van der Waals surface area (Å²) in [4.78, 5) is 13.6. The molecule has 0 aromatic heterocycles. The van der Waals surface area contributed by atoms with Gasteiger partial charge in [-0.05, 0) is 49.5 Å². The van der Waals surface area contributed by atoms with Crippen molar-refractivity contribution in [2.45, 2.75) is 46.6 Å². The Morgan fingerprint density at radius 3 is 2.16 bits per heavy atom. The van der Waals surface area contributed by atoms with Gasteiger partial charge in [-0.2, -0.15) is 0 Å². The predicted octanol–water partition coefficient (Wildman–Crippen LogP) is 6.22. The highest BCUT2D eigenvalue weighted by Crippen LogP contribution is 2.41. The van der Waals surface area contributed by atoms with Crippen molar-refractivity contribution in [2.24, 2.45) is 5.41 Å². The van der Waals surface area contributed by atoms with Crippen LogP contribution in [0.5, 0.6) is 0 Å². The minimum absolute atomic E-state index is 0.0571. The summed E-state index contributed by atoms with van der Waals surface area (Å²) in [5.74, 6) is 0.334. The Hall–Kier alpha value is -3.01. The van der Waals surface area contributed by atoms with Gasteiger partial charge in [0.05, 0.1) is 5.76 Å². The lowest BCUT2D eigenvalue weighted by molar-refractivity contribution is -0.126. The van der Waals surface area contributed by atoms with Crippen molar-refractivity contribution in [3.63, 3.8) is 0 Å². The summed E-state index contributed by atoms with van der Waals surface area (Å²) in [6.07, 6.45) is 2.98. The zero-order valence-corrected chi connectivity index (χ0v) is 18.7. The smallest absolute Gasteiger partial charge is 0.150 e. The van der Waals surface area contributed by atoms with Gasteiger partial charge in [-0.25, -0.2) is 0 Å². The minimum atomic E-state index is -1.19. The summed E-state index contributed by atoms with van der Waals surface area (Å²) in [5.41, 5.74) is 1.93. The quantitative estimate of drug-likeness (QED) is 0.270. The Morgan fingerprint density at radius 2 is 1.65 bits per heavy atom. The predicted molar refractivity (Wildman–Crippen MR) is 128 cm³/mol. The van der Waals surface area contributed by atoms with Crippen LogP contribution in [-0.2, 0) is 22.6 Å². The largest absolute Gasteiger partial charge is 0.513 e. The maximum Gasteiger partial charge on any atom is 0.150 e. The monoisotopic (exact) mass is 414 g/mol. The molecule has 0 fully saturated rings. The molecule has 2 aromatic rings. The molecule has 0 heterocycles. The van der Waals surface area contributed by atoms with Gasteiger partial charge in [-0.1, -0.05) is 74.2 Å². The first-order chi connectivity index (χ1) is 14.8. The van der Waals surface area contributed by atoms with Crippen LogP contribution >= 0.6 is 0 Å². The zero-order valence-electron chi connectivity index (χ0n) is 18.7. The lowest BCUT2D eigenvalue weighted by Crippen LogP contribution is -2.34. The van der Waals surface area contributed by atoms with Crippen molar-refractivity contribution in [1.29, 1.82) is 0 Å². The van der Waals surface area contributed by atoms with E-state index < -0.39 is 5.41 Å². The Bertz CT molecular complexity index is 883. The number of ketones is 1. The highest BCUT2D eigenvalue weighted by molar-refractivity contribution is 6.22. The van der Waals surface area contributed by atoms with Gasteiger partial charge in [-0.3, -0.25) is 4.79 Å². The second-order valence-corrected chi connectivity index (χ2v) is 7.81. The number of aliphatic hydroxyl groups is 1. The van der Waals surface area contributed by atoms with E-state index >= 15 is 0 Å². The molecule has 1 N–H and O–H groups in total. The van der Waals surface area contributed by atoms with Crippen molar-refractivity contribution in [2.75, 3.05) is 0 Å². The normalized spacial score (nSPS) is 14.4. The third-order valence-electron chi connectivity index (χ3n) is 5.47. The fourth-order valence-corrected chi connectivity index (χ4v) is 3.45. The Morgan fingerprint density at radius 1 is 1.10 bits per heavy atom. The molecule has 0 amide bonds. The third kappa shape index (κ3) is 6.49. The highest BCUT2D eigenvalue weighted by Gasteiger charge is 2.40. The van der Waals surface area contributed by atoms with Crippen LogP contribution in [0.3, 0.4) is 0 Å². The maximum atomic E-state index is 13.6. The molecule has 2 aromatic carbocycles. The number of benzene rings is 2. The molecule has 1 atom stereocenters.